The smallest absolute Gasteiger partial charge is 0.0178 e. The summed E-state index contributed by atoms with van der Waals surface area (Å²) in [5.41, 5.74) is 1.25. The SMILES string of the molecule is Cc1ccc(S2(=O)(CCCI)CC2)cc1. The van der Waals surface area contributed by atoms with Crippen molar-refractivity contribution in [3.05, 3.63) is 29.8 Å². The zero-order valence-corrected chi connectivity index (χ0v) is 12.0. The molecule has 0 atom stereocenters. The van der Waals surface area contributed by atoms with Gasteiger partial charge in [0.25, 0.3) is 0 Å². The van der Waals surface area contributed by atoms with Gasteiger partial charge in [-0.25, -0.2) is 0 Å². The van der Waals surface area contributed by atoms with E-state index in [-0.39, 0.29) is 0 Å². The van der Waals surface area contributed by atoms with Gasteiger partial charge in [-0.15, -0.1) is 0 Å². The molecule has 1 aliphatic rings. The standard InChI is InChI=1S/C12H17IOS/c1-11-3-5-12(6-4-11)15(14,9-10-15)8-2-7-13/h3-6H,2,7-10H2,1H3. The van der Waals surface area contributed by atoms with Crippen LogP contribution in [0.3, 0.4) is 0 Å². The molecule has 1 fully saturated rings. The van der Waals surface area contributed by atoms with E-state index >= 15 is 0 Å². The summed E-state index contributed by atoms with van der Waals surface area (Å²) in [7, 11) is -2.34. The number of hydrogen-bond donors (Lipinski definition) is 0. The van der Waals surface area contributed by atoms with Crippen LogP contribution in [0.15, 0.2) is 29.2 Å². The lowest BCUT2D eigenvalue weighted by atomic mass is 10.2. The molecule has 84 valence electrons. The summed E-state index contributed by atoms with van der Waals surface area (Å²) in [6.45, 7) is 2.07. The molecule has 1 aromatic carbocycles. The molecule has 0 saturated carbocycles. The molecule has 0 unspecified atom stereocenters. The van der Waals surface area contributed by atoms with Crippen molar-refractivity contribution in [2.24, 2.45) is 0 Å². The van der Waals surface area contributed by atoms with Crippen molar-refractivity contribution in [3.63, 3.8) is 0 Å². The van der Waals surface area contributed by atoms with Crippen LogP contribution in [0.5, 0.6) is 0 Å². The zero-order valence-electron chi connectivity index (χ0n) is 9.04. The van der Waals surface area contributed by atoms with E-state index in [2.05, 4.69) is 53.8 Å². The van der Waals surface area contributed by atoms with E-state index in [0.29, 0.717) is 0 Å². The zero-order chi connectivity index (χ0) is 11.0. The van der Waals surface area contributed by atoms with Gasteiger partial charge in [0.05, 0.1) is 0 Å². The lowest BCUT2D eigenvalue weighted by Gasteiger charge is -2.23. The molecule has 1 heterocycles. The van der Waals surface area contributed by atoms with Gasteiger partial charge < -0.3 is 0 Å². The minimum atomic E-state index is -2.34. The molecular weight excluding hydrogens is 319 g/mol. The summed E-state index contributed by atoms with van der Waals surface area (Å²) in [4.78, 5) is 1.11. The van der Waals surface area contributed by atoms with Crippen LogP contribution >= 0.6 is 22.6 Å². The molecule has 0 radical (unpaired) electrons. The Balaban J connectivity index is 2.29. The van der Waals surface area contributed by atoms with E-state index in [4.69, 9.17) is 0 Å². The van der Waals surface area contributed by atoms with Gasteiger partial charge in [-0.3, -0.25) is 4.21 Å². The molecule has 0 amide bonds. The first kappa shape index (κ1) is 11.6. The van der Waals surface area contributed by atoms with Crippen LogP contribution in [-0.4, -0.2) is 25.9 Å². The summed E-state index contributed by atoms with van der Waals surface area (Å²) in [6, 6.07) is 8.31. The van der Waals surface area contributed by atoms with Crippen molar-refractivity contribution in [3.8, 4) is 0 Å². The summed E-state index contributed by atoms with van der Waals surface area (Å²) in [6.07, 6.45) is 1.08. The summed E-state index contributed by atoms with van der Waals surface area (Å²) < 4.78 is 14.1. The van der Waals surface area contributed by atoms with Crippen LogP contribution in [0, 0.1) is 6.92 Å². The van der Waals surface area contributed by atoms with Crippen molar-refractivity contribution in [1.29, 1.82) is 0 Å². The van der Waals surface area contributed by atoms with Gasteiger partial charge in [0.15, 0.2) is 0 Å². The van der Waals surface area contributed by atoms with Crippen LogP contribution in [-0.2, 0) is 9.07 Å². The number of alkyl halides is 1. The predicted octanol–water partition coefficient (Wildman–Crippen LogP) is 3.01. The average molecular weight is 336 g/mol. The van der Waals surface area contributed by atoms with E-state index < -0.39 is 9.07 Å². The normalized spacial score (nSPS) is 24.0. The summed E-state index contributed by atoms with van der Waals surface area (Å²) in [5, 5.41) is 0. The van der Waals surface area contributed by atoms with Crippen molar-refractivity contribution in [2.75, 3.05) is 21.7 Å². The maximum absolute atomic E-state index is 13.0. The Morgan fingerprint density at radius 3 is 2.33 bits per heavy atom. The highest BCUT2D eigenvalue weighted by atomic mass is 127. The second-order valence-electron chi connectivity index (χ2n) is 4.45. The van der Waals surface area contributed by atoms with E-state index in [1.807, 2.05) is 0 Å². The average Bonchev–Trinajstić information content (AvgIpc) is 2.93. The van der Waals surface area contributed by atoms with Crippen molar-refractivity contribution >= 4 is 31.7 Å². The predicted molar refractivity (Wildman–Crippen MR) is 75.7 cm³/mol. The molecule has 2 rings (SSSR count). The van der Waals surface area contributed by atoms with Crippen molar-refractivity contribution in [1.82, 2.24) is 0 Å². The first-order valence-corrected chi connectivity index (χ1v) is 9.32. The molecule has 1 aromatic rings. The Kier molecular flexibility index (Phi) is 2.97. The van der Waals surface area contributed by atoms with E-state index in [9.17, 15) is 4.21 Å². The minimum Gasteiger partial charge on any atom is -0.277 e. The number of hydrogen-bond acceptors (Lipinski definition) is 1. The third-order valence-electron chi connectivity index (χ3n) is 3.23. The third-order valence-corrected chi connectivity index (χ3v) is 8.42. The van der Waals surface area contributed by atoms with Crippen molar-refractivity contribution < 1.29 is 4.21 Å². The molecule has 0 spiro atoms. The Morgan fingerprint density at radius 2 is 1.87 bits per heavy atom. The Hall–Kier alpha value is 0.1000. The van der Waals surface area contributed by atoms with Gasteiger partial charge >= 0.3 is 0 Å². The second kappa shape index (κ2) is 3.84. The minimum absolute atomic E-state index is 0.906. The monoisotopic (exact) mass is 336 g/mol. The van der Waals surface area contributed by atoms with Crippen LogP contribution < -0.4 is 0 Å². The van der Waals surface area contributed by atoms with Gasteiger partial charge in [0.2, 0.25) is 0 Å². The highest BCUT2D eigenvalue weighted by Gasteiger charge is 2.50. The number of benzene rings is 1. The van der Waals surface area contributed by atoms with Gasteiger partial charge in [-0.05, 0) is 25.5 Å². The fourth-order valence-electron chi connectivity index (χ4n) is 1.96. The van der Waals surface area contributed by atoms with Gasteiger partial charge in [-0.2, -0.15) is 0 Å². The fourth-order valence-corrected chi connectivity index (χ4v) is 6.70. The van der Waals surface area contributed by atoms with Gasteiger partial charge in [0.1, 0.15) is 0 Å². The van der Waals surface area contributed by atoms with Gasteiger partial charge in [0, 0.05) is 26.6 Å². The first-order chi connectivity index (χ1) is 7.07. The second-order valence-corrected chi connectivity index (χ2v) is 10.2. The quantitative estimate of drug-likeness (QED) is 0.469. The fraction of sp³-hybridized carbons (Fsp3) is 0.500. The molecule has 1 saturated heterocycles. The molecule has 3 heteroatoms. The topological polar surface area (TPSA) is 17.1 Å². The maximum Gasteiger partial charge on any atom is 0.0178 e. The van der Waals surface area contributed by atoms with E-state index in [1.54, 1.807) is 0 Å². The molecule has 1 aliphatic heterocycles. The van der Waals surface area contributed by atoms with Crippen LogP contribution in [0.25, 0.3) is 0 Å². The Bertz CT molecular complexity index is 414. The molecule has 0 N–H and O–H groups in total. The molecular formula is C12H17IOS. The molecule has 0 bridgehead atoms. The highest BCUT2D eigenvalue weighted by molar-refractivity contribution is 14.1. The number of halogens is 1. The van der Waals surface area contributed by atoms with Crippen LogP contribution in [0.4, 0.5) is 0 Å². The molecule has 15 heavy (non-hydrogen) atoms. The van der Waals surface area contributed by atoms with Gasteiger partial charge in [-0.1, -0.05) is 49.4 Å². The largest absolute Gasteiger partial charge is 0.277 e. The lowest BCUT2D eigenvalue weighted by molar-refractivity contribution is 0.669. The maximum atomic E-state index is 13.0. The molecule has 0 aromatic heterocycles. The first-order valence-electron chi connectivity index (χ1n) is 5.33. The molecule has 1 nitrogen and oxygen atoms in total. The molecule has 0 aliphatic carbocycles. The van der Waals surface area contributed by atoms with Crippen molar-refractivity contribution in [2.45, 2.75) is 18.2 Å². The number of rotatable bonds is 4. The van der Waals surface area contributed by atoms with Crippen LogP contribution in [0.1, 0.15) is 12.0 Å². The third kappa shape index (κ3) is 2.13. The lowest BCUT2D eigenvalue weighted by Crippen LogP contribution is -2.21. The van der Waals surface area contributed by atoms with Crippen LogP contribution in [0.2, 0.25) is 0 Å². The Morgan fingerprint density at radius 1 is 1.27 bits per heavy atom. The van der Waals surface area contributed by atoms with E-state index in [1.165, 1.54) is 5.56 Å². The summed E-state index contributed by atoms with van der Waals surface area (Å²) >= 11 is 2.37. The van der Waals surface area contributed by atoms with E-state index in [0.717, 1.165) is 33.0 Å². The highest BCUT2D eigenvalue weighted by Crippen LogP contribution is 2.48. The number of aryl methyl sites for hydroxylation is 1. The Labute approximate surface area is 105 Å². The summed E-state index contributed by atoms with van der Waals surface area (Å²) in [5.74, 6) is 2.76.